The van der Waals surface area contributed by atoms with Gasteiger partial charge in [-0.25, -0.2) is 0 Å². The fourth-order valence-electron chi connectivity index (χ4n) is 2.58. The minimum atomic E-state index is 0. The Hall–Kier alpha value is -0.377. The van der Waals surface area contributed by atoms with Gasteiger partial charge in [-0.2, -0.15) is 11.5 Å². The van der Waals surface area contributed by atoms with Gasteiger partial charge in [0.05, 0.1) is 0 Å². The first-order chi connectivity index (χ1) is 13.4. The predicted octanol–water partition coefficient (Wildman–Crippen LogP) is 6.47. The minimum Gasteiger partial charge on any atom is -0.687 e. The van der Waals surface area contributed by atoms with Gasteiger partial charge in [0.25, 0.3) is 0 Å². The third kappa shape index (κ3) is 27.8. The summed E-state index contributed by atoms with van der Waals surface area (Å²) in [5, 5.41) is 25.1. The van der Waals surface area contributed by atoms with E-state index in [-0.39, 0.29) is 19.5 Å². The maximum absolute atomic E-state index is 7.18. The number of hydrogen-bond acceptors (Lipinski definition) is 2. The van der Waals surface area contributed by atoms with Crippen LogP contribution in [0.4, 0.5) is 0 Å². The first-order valence-corrected chi connectivity index (χ1v) is 10.8. The summed E-state index contributed by atoms with van der Waals surface area (Å²) in [6.07, 6.45) is 20.0. The van der Waals surface area contributed by atoms with E-state index in [2.05, 4.69) is 33.9 Å². The zero-order chi connectivity index (χ0) is 19.7. The first-order valence-electron chi connectivity index (χ1n) is 10.3. The Kier molecular flexibility index (Phi) is 30.7. The molecule has 7 heteroatoms. The van der Waals surface area contributed by atoms with E-state index in [9.17, 15) is 0 Å². The molecule has 0 spiro atoms. The molecule has 0 radical (unpaired) electrons. The number of nitrogens with zero attached hydrogens (tertiary/aromatic N) is 5. The van der Waals surface area contributed by atoms with E-state index in [0.29, 0.717) is 0 Å². The number of hydrogen-bond donors (Lipinski definition) is 1. The molecular formula is C21H37N5SZn-2. The summed E-state index contributed by atoms with van der Waals surface area (Å²) in [5.41, 5.74) is 0. The second kappa shape index (κ2) is 28.8. The number of allylic oxidation sites excluding steroid dienone is 2. The van der Waals surface area contributed by atoms with Crippen molar-refractivity contribution < 1.29 is 19.5 Å². The zero-order valence-electron chi connectivity index (χ0n) is 17.5. The second-order valence-corrected chi connectivity index (χ2v) is 6.63. The molecule has 0 atom stereocenters. The van der Waals surface area contributed by atoms with Gasteiger partial charge in [0, 0.05) is 0 Å². The van der Waals surface area contributed by atoms with Crippen molar-refractivity contribution in [2.45, 2.75) is 57.8 Å². The van der Waals surface area contributed by atoms with Gasteiger partial charge >= 0.3 is 19.5 Å². The molecule has 4 aliphatic rings. The van der Waals surface area contributed by atoms with Crippen LogP contribution in [0.3, 0.4) is 0 Å². The van der Waals surface area contributed by atoms with E-state index in [1.165, 1.54) is 63.2 Å². The fraction of sp³-hybridized carbons (Fsp3) is 0.762. The third-order valence-electron chi connectivity index (χ3n) is 4.05. The van der Waals surface area contributed by atoms with Crippen LogP contribution in [0.2, 0.25) is 0 Å². The maximum atomic E-state index is 7.18. The number of piperidine rings is 3. The van der Waals surface area contributed by atoms with E-state index in [1.807, 2.05) is 18.2 Å². The smallest absolute Gasteiger partial charge is 0.687 e. The molecule has 4 rings (SSSR count). The molecule has 0 aromatic rings. The van der Waals surface area contributed by atoms with Crippen molar-refractivity contribution in [1.82, 2.24) is 0 Å². The van der Waals surface area contributed by atoms with Crippen LogP contribution >= 0.6 is 12.6 Å². The van der Waals surface area contributed by atoms with Crippen molar-refractivity contribution in [3.63, 3.8) is 0 Å². The number of thiol groups is 1. The summed E-state index contributed by atoms with van der Waals surface area (Å²) in [7, 11) is 0. The Morgan fingerprint density at radius 1 is 0.643 bits per heavy atom. The fourth-order valence-corrected chi connectivity index (χ4v) is 2.58. The Balaban J connectivity index is 0. The average Bonchev–Trinajstić information content (AvgIpc) is 2.80. The summed E-state index contributed by atoms with van der Waals surface area (Å²) >= 11 is 3.09. The van der Waals surface area contributed by atoms with Crippen LogP contribution in [0.1, 0.15) is 57.8 Å². The van der Waals surface area contributed by atoms with Gasteiger partial charge in [-0.3, -0.25) is 0 Å². The Morgan fingerprint density at radius 2 is 1.00 bits per heavy atom. The van der Waals surface area contributed by atoms with Crippen LogP contribution in [0.25, 0.3) is 21.3 Å². The van der Waals surface area contributed by atoms with Gasteiger partial charge in [0.1, 0.15) is 5.40 Å². The molecule has 28 heavy (non-hydrogen) atoms. The predicted molar refractivity (Wildman–Crippen MR) is 122 cm³/mol. The van der Waals surface area contributed by atoms with Crippen LogP contribution in [-0.2, 0) is 19.5 Å². The summed E-state index contributed by atoms with van der Waals surface area (Å²) < 4.78 is 0. The van der Waals surface area contributed by atoms with E-state index in [4.69, 9.17) is 5.26 Å². The van der Waals surface area contributed by atoms with Crippen LogP contribution in [0.15, 0.2) is 24.4 Å². The van der Waals surface area contributed by atoms with Crippen molar-refractivity contribution in [1.29, 1.82) is 5.26 Å². The largest absolute Gasteiger partial charge is 2.00 e. The molecule has 0 amide bonds. The number of rotatable bonds is 0. The van der Waals surface area contributed by atoms with Crippen molar-refractivity contribution in [3.05, 3.63) is 45.7 Å². The summed E-state index contributed by atoms with van der Waals surface area (Å²) in [6.45, 7) is 7.61. The normalized spacial score (nSPS) is 19.4. The van der Waals surface area contributed by atoms with Gasteiger partial charge in [-0.05, 0) is 0 Å². The molecule has 4 heterocycles. The Bertz CT molecular complexity index is 298. The van der Waals surface area contributed by atoms with Crippen molar-refractivity contribution in [2.24, 2.45) is 0 Å². The molecule has 0 bridgehead atoms. The Labute approximate surface area is 191 Å². The van der Waals surface area contributed by atoms with Gasteiger partial charge in [0.2, 0.25) is 0 Å². The number of thiocyanates is 1. The van der Waals surface area contributed by atoms with Gasteiger partial charge in [0.15, 0.2) is 0 Å². The van der Waals surface area contributed by atoms with Crippen LogP contribution in [0.5, 0.6) is 0 Å². The molecule has 0 N–H and O–H groups in total. The van der Waals surface area contributed by atoms with Crippen molar-refractivity contribution >= 4 is 12.6 Å². The first kappa shape index (κ1) is 29.8. The molecule has 0 saturated carbocycles. The molecule has 4 aliphatic heterocycles. The molecule has 3 fully saturated rings. The molecule has 0 aromatic heterocycles. The maximum Gasteiger partial charge on any atom is 2.00 e. The standard InChI is InChI=1S/3C5H10N.C5H6N.CHNS.Zn/c4*1-2-4-6-5-3-1;2-1-3;/h3*1-5H2;1-4H,5H2;3H;/q4*-1;;+2. The number of nitriles is 1. The minimum absolute atomic E-state index is 0. The zero-order valence-corrected chi connectivity index (χ0v) is 21.4. The summed E-state index contributed by atoms with van der Waals surface area (Å²) in [4.78, 5) is 0. The van der Waals surface area contributed by atoms with E-state index >= 15 is 0 Å². The van der Waals surface area contributed by atoms with Crippen LogP contribution in [-0.4, -0.2) is 45.8 Å². The molecule has 0 unspecified atom stereocenters. The average molecular weight is 457 g/mol. The van der Waals surface area contributed by atoms with E-state index < -0.39 is 0 Å². The Morgan fingerprint density at radius 3 is 1.07 bits per heavy atom. The van der Waals surface area contributed by atoms with Crippen molar-refractivity contribution in [2.75, 3.05) is 45.8 Å². The van der Waals surface area contributed by atoms with Gasteiger partial charge in [-0.1, -0.05) is 82.6 Å². The molecule has 0 aromatic carbocycles. The summed E-state index contributed by atoms with van der Waals surface area (Å²) in [5.74, 6) is 0. The van der Waals surface area contributed by atoms with Crippen LogP contribution < -0.4 is 0 Å². The van der Waals surface area contributed by atoms with Crippen molar-refractivity contribution in [3.8, 4) is 5.40 Å². The second-order valence-electron chi connectivity index (χ2n) is 6.43. The van der Waals surface area contributed by atoms with E-state index in [0.717, 1.165) is 45.8 Å². The van der Waals surface area contributed by atoms with Gasteiger partial charge in [-0.15, -0.1) is 51.9 Å². The van der Waals surface area contributed by atoms with Crippen LogP contribution in [0, 0.1) is 10.7 Å². The molecular weight excluding hydrogens is 420 g/mol. The molecule has 0 aliphatic carbocycles. The van der Waals surface area contributed by atoms with Gasteiger partial charge < -0.3 is 21.3 Å². The molecule has 3 saturated heterocycles. The quantitative estimate of drug-likeness (QED) is 0.253. The summed E-state index contributed by atoms with van der Waals surface area (Å²) in [6, 6.07) is 0. The molecule has 156 valence electrons. The molecule has 5 nitrogen and oxygen atoms in total. The third-order valence-corrected chi connectivity index (χ3v) is 4.05. The topological polar surface area (TPSA) is 80.2 Å². The SMILES string of the molecule is C1=CC[N-]C=C1.C1CC[N-]CC1.C1CC[N-]CC1.C1CC[N-]CC1.N#CS.[Zn+2]. The van der Waals surface area contributed by atoms with E-state index in [1.54, 1.807) is 6.20 Å². The monoisotopic (exact) mass is 455 g/mol.